The molecule has 118 valence electrons. The zero-order valence-electron chi connectivity index (χ0n) is 11.4. The Bertz CT molecular complexity index is 616. The van der Waals surface area contributed by atoms with Crippen molar-refractivity contribution >= 4 is 43.7 Å². The first-order valence-electron chi connectivity index (χ1n) is 5.91. The highest BCUT2D eigenvalue weighted by Gasteiger charge is 2.25. The number of sulfonamides is 1. The van der Waals surface area contributed by atoms with E-state index in [2.05, 4.69) is 20.7 Å². The van der Waals surface area contributed by atoms with Gasteiger partial charge in [0.15, 0.2) is 0 Å². The molecule has 0 fully saturated rings. The molecule has 0 amide bonds. The van der Waals surface area contributed by atoms with Crippen LogP contribution < -0.4 is 4.72 Å². The molecule has 9 heteroatoms. The van der Waals surface area contributed by atoms with Gasteiger partial charge in [-0.2, -0.15) is 11.8 Å². The molecule has 2 unspecified atom stereocenters. The molecule has 2 atom stereocenters. The van der Waals surface area contributed by atoms with E-state index in [1.165, 1.54) is 23.9 Å². The molecule has 1 aromatic rings. The number of thioether (sulfide) groups is 1. The normalized spacial score (nSPS) is 14.7. The summed E-state index contributed by atoms with van der Waals surface area (Å²) in [5, 5.41) is 17.8. The molecule has 0 saturated carbocycles. The number of carbonyl (C=O) groups is 1. The fourth-order valence-electron chi connectivity index (χ4n) is 1.66. The van der Waals surface area contributed by atoms with Gasteiger partial charge in [0.05, 0.1) is 17.1 Å². The second-order valence-electron chi connectivity index (χ2n) is 4.32. The predicted octanol–water partition coefficient (Wildman–Crippen LogP) is 1.54. The van der Waals surface area contributed by atoms with Crippen molar-refractivity contribution < 1.29 is 23.4 Å². The molecule has 21 heavy (non-hydrogen) atoms. The SMILES string of the molecule is CSC(CO)C(C)NS(=O)(=O)c1cc(C(=O)O)ccc1Br. The topological polar surface area (TPSA) is 104 Å². The number of hydrogen-bond acceptors (Lipinski definition) is 5. The van der Waals surface area contributed by atoms with Crippen LogP contribution in [0.3, 0.4) is 0 Å². The summed E-state index contributed by atoms with van der Waals surface area (Å²) in [5.41, 5.74) is -0.116. The van der Waals surface area contributed by atoms with Gasteiger partial charge in [-0.05, 0) is 47.3 Å². The van der Waals surface area contributed by atoms with Gasteiger partial charge in [0.1, 0.15) is 0 Å². The van der Waals surface area contributed by atoms with Gasteiger partial charge in [-0.25, -0.2) is 17.9 Å². The van der Waals surface area contributed by atoms with Crippen LogP contribution in [0, 0.1) is 0 Å². The molecule has 0 aliphatic rings. The van der Waals surface area contributed by atoms with E-state index in [9.17, 15) is 18.3 Å². The smallest absolute Gasteiger partial charge is 0.335 e. The third-order valence-corrected chi connectivity index (χ3v) is 6.56. The number of rotatable bonds is 7. The van der Waals surface area contributed by atoms with Crippen LogP contribution in [0.15, 0.2) is 27.6 Å². The molecular formula is C12H16BrNO5S2. The lowest BCUT2D eigenvalue weighted by Gasteiger charge is -2.21. The van der Waals surface area contributed by atoms with E-state index in [1.54, 1.807) is 13.2 Å². The maximum absolute atomic E-state index is 12.3. The average Bonchev–Trinajstić information content (AvgIpc) is 2.39. The summed E-state index contributed by atoms with van der Waals surface area (Å²) in [4.78, 5) is 10.8. The minimum atomic E-state index is -3.90. The van der Waals surface area contributed by atoms with Crippen molar-refractivity contribution in [2.45, 2.75) is 23.1 Å². The molecule has 0 spiro atoms. The summed E-state index contributed by atoms with van der Waals surface area (Å²) < 4.78 is 27.4. The lowest BCUT2D eigenvalue weighted by molar-refractivity contribution is 0.0696. The highest BCUT2D eigenvalue weighted by Crippen LogP contribution is 2.24. The number of hydrogen-bond donors (Lipinski definition) is 3. The van der Waals surface area contributed by atoms with Crippen LogP contribution in [0.2, 0.25) is 0 Å². The summed E-state index contributed by atoms with van der Waals surface area (Å²) in [6.07, 6.45) is 1.77. The van der Waals surface area contributed by atoms with Crippen molar-refractivity contribution in [2.24, 2.45) is 0 Å². The molecule has 6 nitrogen and oxygen atoms in total. The van der Waals surface area contributed by atoms with Crippen molar-refractivity contribution in [3.05, 3.63) is 28.2 Å². The van der Waals surface area contributed by atoms with E-state index in [0.29, 0.717) is 0 Å². The second kappa shape index (κ2) is 7.59. The minimum Gasteiger partial charge on any atom is -0.478 e. The van der Waals surface area contributed by atoms with E-state index < -0.39 is 22.0 Å². The van der Waals surface area contributed by atoms with Gasteiger partial charge in [0, 0.05) is 15.8 Å². The fraction of sp³-hybridized carbons (Fsp3) is 0.417. The van der Waals surface area contributed by atoms with E-state index >= 15 is 0 Å². The molecule has 1 rings (SSSR count). The zero-order chi connectivity index (χ0) is 16.2. The minimum absolute atomic E-state index is 0.116. The second-order valence-corrected chi connectivity index (χ2v) is 7.93. The molecule has 1 aromatic carbocycles. The first-order chi connectivity index (χ1) is 9.72. The molecule has 0 aromatic heterocycles. The van der Waals surface area contributed by atoms with Gasteiger partial charge in [0.25, 0.3) is 0 Å². The molecule has 0 saturated heterocycles. The molecule has 0 aliphatic heterocycles. The number of aromatic carboxylic acids is 1. The van der Waals surface area contributed by atoms with Crippen LogP contribution >= 0.6 is 27.7 Å². The third-order valence-electron chi connectivity index (χ3n) is 2.85. The van der Waals surface area contributed by atoms with Gasteiger partial charge in [-0.15, -0.1) is 0 Å². The van der Waals surface area contributed by atoms with Crippen LogP contribution in [0.1, 0.15) is 17.3 Å². The summed E-state index contributed by atoms with van der Waals surface area (Å²) in [5.74, 6) is -1.20. The van der Waals surface area contributed by atoms with Crippen molar-refractivity contribution in [2.75, 3.05) is 12.9 Å². The number of carboxylic acid groups (broad SMARTS) is 1. The Kier molecular flexibility index (Phi) is 6.67. The van der Waals surface area contributed by atoms with Crippen LogP contribution in [0.25, 0.3) is 0 Å². The van der Waals surface area contributed by atoms with Gasteiger partial charge in [0.2, 0.25) is 10.0 Å². The van der Waals surface area contributed by atoms with Crippen LogP contribution in [-0.4, -0.2) is 48.8 Å². The van der Waals surface area contributed by atoms with Crippen molar-refractivity contribution in [1.29, 1.82) is 0 Å². The maximum atomic E-state index is 12.3. The Hall–Kier alpha value is -0.610. The van der Waals surface area contributed by atoms with E-state index in [1.807, 2.05) is 0 Å². The van der Waals surface area contributed by atoms with Crippen molar-refractivity contribution in [3.63, 3.8) is 0 Å². The van der Waals surface area contributed by atoms with Crippen LogP contribution in [0.4, 0.5) is 0 Å². The Morgan fingerprint density at radius 1 is 1.48 bits per heavy atom. The molecule has 0 radical (unpaired) electrons. The Morgan fingerprint density at radius 3 is 2.57 bits per heavy atom. The monoisotopic (exact) mass is 397 g/mol. The Balaban J connectivity index is 3.13. The lowest BCUT2D eigenvalue weighted by atomic mass is 10.2. The molecule has 0 aliphatic carbocycles. The molecule has 0 heterocycles. The highest BCUT2D eigenvalue weighted by atomic mass is 79.9. The number of benzene rings is 1. The third kappa shape index (κ3) is 4.68. The summed E-state index contributed by atoms with van der Waals surface area (Å²) in [6, 6.07) is 3.28. The van der Waals surface area contributed by atoms with Gasteiger partial charge in [-0.3, -0.25) is 0 Å². The van der Waals surface area contributed by atoms with E-state index in [0.717, 1.165) is 6.07 Å². The largest absolute Gasteiger partial charge is 0.478 e. The molecular weight excluding hydrogens is 382 g/mol. The Labute approximate surface area is 136 Å². The number of aliphatic hydroxyl groups is 1. The maximum Gasteiger partial charge on any atom is 0.335 e. The average molecular weight is 398 g/mol. The summed E-state index contributed by atoms with van der Waals surface area (Å²) in [7, 11) is -3.90. The highest BCUT2D eigenvalue weighted by molar-refractivity contribution is 9.10. The number of nitrogens with one attached hydrogen (secondary N) is 1. The number of aliphatic hydroxyl groups excluding tert-OH is 1. The first-order valence-corrected chi connectivity index (χ1v) is 9.48. The van der Waals surface area contributed by atoms with E-state index in [4.69, 9.17) is 5.11 Å². The van der Waals surface area contributed by atoms with Crippen molar-refractivity contribution in [1.82, 2.24) is 4.72 Å². The number of halogens is 1. The Morgan fingerprint density at radius 2 is 2.10 bits per heavy atom. The zero-order valence-corrected chi connectivity index (χ0v) is 14.6. The number of carboxylic acids is 1. The summed E-state index contributed by atoms with van der Waals surface area (Å²) in [6.45, 7) is 1.48. The quantitative estimate of drug-likeness (QED) is 0.644. The molecule has 3 N–H and O–H groups in total. The lowest BCUT2D eigenvalue weighted by Crippen LogP contribution is -2.41. The summed E-state index contributed by atoms with van der Waals surface area (Å²) >= 11 is 4.45. The predicted molar refractivity (Wildman–Crippen MR) is 85.3 cm³/mol. The van der Waals surface area contributed by atoms with Crippen LogP contribution in [-0.2, 0) is 10.0 Å². The van der Waals surface area contributed by atoms with Gasteiger partial charge < -0.3 is 10.2 Å². The fourth-order valence-corrected chi connectivity index (χ4v) is 4.65. The van der Waals surface area contributed by atoms with Gasteiger partial charge >= 0.3 is 5.97 Å². The first kappa shape index (κ1) is 18.4. The van der Waals surface area contributed by atoms with Crippen molar-refractivity contribution in [3.8, 4) is 0 Å². The standard InChI is InChI=1S/C12H16BrNO5S2/c1-7(10(6-15)20-2)14-21(18,19)11-5-8(12(16)17)3-4-9(11)13/h3-5,7,10,14-15H,6H2,1-2H3,(H,16,17). The van der Waals surface area contributed by atoms with Crippen LogP contribution in [0.5, 0.6) is 0 Å². The van der Waals surface area contributed by atoms with E-state index in [-0.39, 0.29) is 26.8 Å². The molecule has 0 bridgehead atoms. The van der Waals surface area contributed by atoms with Gasteiger partial charge in [-0.1, -0.05) is 0 Å².